The van der Waals surface area contributed by atoms with E-state index in [9.17, 15) is 9.59 Å². The number of nitrogens with zero attached hydrogens (tertiary/aromatic N) is 3. The number of carboxylic acid groups (broad SMARTS) is 1. The molecule has 8 heteroatoms. The van der Waals surface area contributed by atoms with E-state index in [1.807, 2.05) is 4.90 Å². The molecule has 0 radical (unpaired) electrons. The molecule has 0 spiro atoms. The van der Waals surface area contributed by atoms with E-state index in [-0.39, 0.29) is 23.9 Å². The fourth-order valence-corrected chi connectivity index (χ4v) is 3.38. The second kappa shape index (κ2) is 7.78. The first-order valence-electron chi connectivity index (χ1n) is 8.35. The summed E-state index contributed by atoms with van der Waals surface area (Å²) in [5.41, 5.74) is 0.946. The molecule has 138 valence electrons. The SMILES string of the molecule is COc1ccc(Cl)cc1CC(=O)N1CCC(n2cc(C(=O)O)cn2)CC1. The summed E-state index contributed by atoms with van der Waals surface area (Å²) in [6.07, 6.45) is 4.60. The Morgan fingerprint density at radius 2 is 2.08 bits per heavy atom. The predicted octanol–water partition coefficient (Wildman–Crippen LogP) is 2.65. The maximum Gasteiger partial charge on any atom is 0.338 e. The highest BCUT2D eigenvalue weighted by Gasteiger charge is 2.25. The van der Waals surface area contributed by atoms with E-state index >= 15 is 0 Å². The zero-order valence-electron chi connectivity index (χ0n) is 14.4. The number of halogens is 1. The molecule has 0 bridgehead atoms. The monoisotopic (exact) mass is 377 g/mol. The van der Waals surface area contributed by atoms with Crippen molar-refractivity contribution in [3.8, 4) is 5.75 Å². The third kappa shape index (κ3) is 3.99. The molecule has 0 saturated carbocycles. The Labute approximate surface area is 156 Å². The third-order valence-corrected chi connectivity index (χ3v) is 4.86. The first-order chi connectivity index (χ1) is 12.5. The number of hydrogen-bond acceptors (Lipinski definition) is 4. The maximum absolute atomic E-state index is 12.6. The molecule has 0 atom stereocenters. The topological polar surface area (TPSA) is 84.7 Å². The van der Waals surface area contributed by atoms with Gasteiger partial charge in [-0.1, -0.05) is 11.6 Å². The average molecular weight is 378 g/mol. The van der Waals surface area contributed by atoms with Gasteiger partial charge in [0, 0.05) is 29.9 Å². The summed E-state index contributed by atoms with van der Waals surface area (Å²) < 4.78 is 6.98. The zero-order chi connectivity index (χ0) is 18.7. The molecule has 0 aliphatic carbocycles. The number of amides is 1. The van der Waals surface area contributed by atoms with Gasteiger partial charge in [-0.05, 0) is 31.0 Å². The van der Waals surface area contributed by atoms with Crippen LogP contribution in [0.3, 0.4) is 0 Å². The number of carbonyl (C=O) groups is 2. The van der Waals surface area contributed by atoms with Gasteiger partial charge in [-0.3, -0.25) is 9.48 Å². The van der Waals surface area contributed by atoms with Crippen LogP contribution < -0.4 is 4.74 Å². The number of ether oxygens (including phenoxy) is 1. The van der Waals surface area contributed by atoms with Crippen molar-refractivity contribution >= 4 is 23.5 Å². The minimum atomic E-state index is -0.987. The highest BCUT2D eigenvalue weighted by atomic mass is 35.5. The van der Waals surface area contributed by atoms with E-state index in [1.54, 1.807) is 36.2 Å². The summed E-state index contributed by atoms with van der Waals surface area (Å²) >= 11 is 6.02. The van der Waals surface area contributed by atoms with Crippen molar-refractivity contribution in [1.82, 2.24) is 14.7 Å². The summed E-state index contributed by atoms with van der Waals surface area (Å²) in [5, 5.41) is 13.7. The Bertz CT molecular complexity index is 813. The van der Waals surface area contributed by atoms with Crippen LogP contribution in [0.1, 0.15) is 34.8 Å². The van der Waals surface area contributed by atoms with Gasteiger partial charge in [-0.25, -0.2) is 4.79 Å². The Balaban J connectivity index is 1.60. The minimum Gasteiger partial charge on any atom is -0.496 e. The third-order valence-electron chi connectivity index (χ3n) is 4.62. The van der Waals surface area contributed by atoms with Crippen LogP contribution in [0.25, 0.3) is 0 Å². The number of hydrogen-bond donors (Lipinski definition) is 1. The van der Waals surface area contributed by atoms with E-state index in [0.717, 1.165) is 18.4 Å². The molecular weight excluding hydrogens is 358 g/mol. The van der Waals surface area contributed by atoms with Gasteiger partial charge < -0.3 is 14.7 Å². The van der Waals surface area contributed by atoms with E-state index in [2.05, 4.69) is 5.10 Å². The second-order valence-corrected chi connectivity index (χ2v) is 6.70. The van der Waals surface area contributed by atoms with Gasteiger partial charge in [0.05, 0.1) is 31.3 Å². The van der Waals surface area contributed by atoms with E-state index in [4.69, 9.17) is 21.4 Å². The van der Waals surface area contributed by atoms with Crippen molar-refractivity contribution in [3.05, 3.63) is 46.7 Å². The summed E-state index contributed by atoms with van der Waals surface area (Å²) in [6, 6.07) is 5.35. The van der Waals surface area contributed by atoms with Crippen LogP contribution in [-0.4, -0.2) is 51.9 Å². The molecule has 26 heavy (non-hydrogen) atoms. The Morgan fingerprint density at radius 3 is 2.69 bits per heavy atom. The fourth-order valence-electron chi connectivity index (χ4n) is 3.19. The van der Waals surface area contributed by atoms with Crippen LogP contribution in [0, 0.1) is 0 Å². The van der Waals surface area contributed by atoms with Gasteiger partial charge in [0.25, 0.3) is 0 Å². The van der Waals surface area contributed by atoms with Gasteiger partial charge in [0.15, 0.2) is 0 Å². The maximum atomic E-state index is 12.6. The molecule has 1 aliphatic heterocycles. The van der Waals surface area contributed by atoms with Crippen molar-refractivity contribution < 1.29 is 19.4 Å². The largest absolute Gasteiger partial charge is 0.496 e. The number of rotatable bonds is 5. The van der Waals surface area contributed by atoms with Crippen molar-refractivity contribution in [1.29, 1.82) is 0 Å². The highest BCUT2D eigenvalue weighted by molar-refractivity contribution is 6.30. The summed E-state index contributed by atoms with van der Waals surface area (Å²) in [7, 11) is 1.57. The number of carbonyl (C=O) groups excluding carboxylic acids is 1. The summed E-state index contributed by atoms with van der Waals surface area (Å²) in [4.78, 5) is 25.4. The van der Waals surface area contributed by atoms with Crippen molar-refractivity contribution in [3.63, 3.8) is 0 Å². The molecule has 2 heterocycles. The second-order valence-electron chi connectivity index (χ2n) is 6.26. The summed E-state index contributed by atoms with van der Waals surface area (Å²) in [6.45, 7) is 1.21. The molecule has 1 N–H and O–H groups in total. The normalized spacial score (nSPS) is 15.1. The van der Waals surface area contributed by atoms with Gasteiger partial charge in [0.2, 0.25) is 5.91 Å². The molecule has 1 aromatic heterocycles. The first kappa shape index (κ1) is 18.3. The van der Waals surface area contributed by atoms with Gasteiger partial charge in [0.1, 0.15) is 5.75 Å². The quantitative estimate of drug-likeness (QED) is 0.865. The molecule has 0 unspecified atom stereocenters. The molecule has 7 nitrogen and oxygen atoms in total. The lowest BCUT2D eigenvalue weighted by Crippen LogP contribution is -2.40. The Hall–Kier alpha value is -2.54. The lowest BCUT2D eigenvalue weighted by Gasteiger charge is -2.32. The van der Waals surface area contributed by atoms with Crippen molar-refractivity contribution in [2.75, 3.05) is 20.2 Å². The lowest BCUT2D eigenvalue weighted by molar-refractivity contribution is -0.131. The van der Waals surface area contributed by atoms with E-state index < -0.39 is 5.97 Å². The molecule has 1 fully saturated rings. The van der Waals surface area contributed by atoms with Gasteiger partial charge in [-0.2, -0.15) is 5.10 Å². The number of carboxylic acids is 1. The predicted molar refractivity (Wildman–Crippen MR) is 95.7 cm³/mol. The number of aromatic carboxylic acids is 1. The zero-order valence-corrected chi connectivity index (χ0v) is 15.1. The molecule has 1 amide bonds. The Kier molecular flexibility index (Phi) is 5.46. The number of benzene rings is 1. The molecular formula is C18H20ClN3O4. The van der Waals surface area contributed by atoms with E-state index in [0.29, 0.717) is 23.9 Å². The van der Waals surface area contributed by atoms with Crippen molar-refractivity contribution in [2.45, 2.75) is 25.3 Å². The van der Waals surface area contributed by atoms with Crippen LogP contribution in [-0.2, 0) is 11.2 Å². The van der Waals surface area contributed by atoms with Gasteiger partial charge in [-0.15, -0.1) is 0 Å². The fraction of sp³-hybridized carbons (Fsp3) is 0.389. The first-order valence-corrected chi connectivity index (χ1v) is 8.73. The summed E-state index contributed by atoms with van der Waals surface area (Å²) in [5.74, 6) is -0.314. The highest BCUT2D eigenvalue weighted by Crippen LogP contribution is 2.26. The number of likely N-dealkylation sites (tertiary alicyclic amines) is 1. The molecule has 1 aromatic carbocycles. The molecule has 2 aromatic rings. The van der Waals surface area contributed by atoms with Gasteiger partial charge >= 0.3 is 5.97 Å². The molecule has 1 saturated heterocycles. The van der Waals surface area contributed by atoms with Crippen LogP contribution in [0.5, 0.6) is 5.75 Å². The van der Waals surface area contributed by atoms with Crippen LogP contribution in [0.4, 0.5) is 0 Å². The van der Waals surface area contributed by atoms with Crippen LogP contribution in [0.2, 0.25) is 5.02 Å². The van der Waals surface area contributed by atoms with Crippen LogP contribution in [0.15, 0.2) is 30.6 Å². The standard InChI is InChI=1S/C18H20ClN3O4/c1-26-16-3-2-14(19)8-12(16)9-17(23)21-6-4-15(5-7-21)22-11-13(10-20-22)18(24)25/h2-3,8,10-11,15H,4-7,9H2,1H3,(H,24,25). The van der Waals surface area contributed by atoms with Crippen LogP contribution >= 0.6 is 11.6 Å². The van der Waals surface area contributed by atoms with Crippen molar-refractivity contribution in [2.24, 2.45) is 0 Å². The minimum absolute atomic E-state index is 0.0238. The molecule has 3 rings (SSSR count). The number of methoxy groups -OCH3 is 1. The Morgan fingerprint density at radius 1 is 1.35 bits per heavy atom. The number of piperidine rings is 1. The average Bonchev–Trinajstić information content (AvgIpc) is 3.12. The van der Waals surface area contributed by atoms with E-state index in [1.165, 1.54) is 6.20 Å². The molecule has 1 aliphatic rings. The smallest absolute Gasteiger partial charge is 0.338 e. The lowest BCUT2D eigenvalue weighted by atomic mass is 10.0. The number of aromatic nitrogens is 2.